The molecule has 127 heavy (non-hydrogen) atoms. The van der Waals surface area contributed by atoms with E-state index in [2.05, 4.69) is 526 Å². The Morgan fingerprint density at radius 2 is 0.543 bits per heavy atom. The molecule has 0 unspecified atom stereocenters. The lowest BCUT2D eigenvalue weighted by atomic mass is 9.67. The summed E-state index contributed by atoms with van der Waals surface area (Å²) in [5.74, 6) is 0. The van der Waals surface area contributed by atoms with Gasteiger partial charge in [-0.05, 0) is 249 Å². The molecule has 25 rings (SSSR count). The average molecular weight is 1820 g/mol. The summed E-state index contributed by atoms with van der Waals surface area (Å²) in [5.41, 5.74) is 41.3. The number of fused-ring (bicyclic) bond motifs is 18. The summed E-state index contributed by atoms with van der Waals surface area (Å²) in [7, 11) is 0. The molecular formula is C121H84Br3N3. The van der Waals surface area contributed by atoms with Gasteiger partial charge in [-0.3, -0.25) is 0 Å². The van der Waals surface area contributed by atoms with Crippen LogP contribution in [0.2, 0.25) is 0 Å². The van der Waals surface area contributed by atoms with E-state index in [1.807, 2.05) is 0 Å². The molecule has 0 saturated carbocycles. The fourth-order valence-electron chi connectivity index (χ4n) is 21.4. The highest BCUT2D eigenvalue weighted by atomic mass is 79.9. The molecule has 0 spiro atoms. The van der Waals surface area contributed by atoms with Crippen molar-refractivity contribution >= 4 is 113 Å². The minimum Gasteiger partial charge on any atom is -0.309 e. The first kappa shape index (κ1) is 77.8. The number of halogens is 3. The average Bonchev–Trinajstić information content (AvgIpc) is 1.54. The highest BCUT2D eigenvalue weighted by molar-refractivity contribution is 9.11. The van der Waals surface area contributed by atoms with Crippen LogP contribution >= 0.6 is 47.8 Å². The maximum atomic E-state index is 3.67. The van der Waals surface area contributed by atoms with E-state index >= 15 is 0 Å². The third-order valence-electron chi connectivity index (χ3n) is 27.2. The Labute approximate surface area is 765 Å². The van der Waals surface area contributed by atoms with Gasteiger partial charge in [-0.2, -0.15) is 0 Å². The van der Waals surface area contributed by atoms with E-state index in [1.54, 1.807) is 0 Å². The van der Waals surface area contributed by atoms with Crippen molar-refractivity contribution in [1.82, 2.24) is 13.7 Å². The molecule has 0 aliphatic heterocycles. The molecule has 3 aliphatic carbocycles. The summed E-state index contributed by atoms with van der Waals surface area (Å²) < 4.78 is 10.6. The van der Waals surface area contributed by atoms with E-state index in [1.165, 1.54) is 210 Å². The quantitative estimate of drug-likeness (QED) is 0.130. The lowest BCUT2D eigenvalue weighted by molar-refractivity contribution is 0.656. The summed E-state index contributed by atoms with van der Waals surface area (Å²) in [6, 6.07) is 160. The molecule has 0 amide bonds. The highest BCUT2D eigenvalue weighted by Crippen LogP contribution is 2.58. The Morgan fingerprint density at radius 1 is 0.189 bits per heavy atom. The summed E-state index contributed by atoms with van der Waals surface area (Å²) in [6.07, 6.45) is 0. The van der Waals surface area contributed by atoms with Crippen LogP contribution in [0, 0.1) is 0 Å². The molecule has 0 saturated heterocycles. The molecule has 0 atom stereocenters. The Bertz CT molecular complexity index is 8130. The lowest BCUT2D eigenvalue weighted by Gasteiger charge is -2.34. The van der Waals surface area contributed by atoms with Crippen LogP contribution in [-0.4, -0.2) is 13.7 Å². The fraction of sp³-hybridized carbons (Fsp3) is 0.0579. The SMILES string of the molecule is Brc1cccc(-c2ccc3c4ccccc4n(-c4ccc5c(c4)C(c4ccccc4)(c4ccccc4)c4ccccc4-5)c3c2)c1.CC1(C)c2ccccc2-c2cc(-c3ccc(-n4c5ccccc5c5ccc(-c6cccc(Br)c6)cc54)cc3)ccc21.CC1(C)c2ccccc2-c2cccc(-n3c4ccc(-c5ccccc5)cc4c4ccc(-c5cccc(Br)c5)cc43)c21. The predicted octanol–water partition coefficient (Wildman–Crippen LogP) is 33.9. The first-order chi connectivity index (χ1) is 62.2. The number of para-hydroxylation sites is 2. The van der Waals surface area contributed by atoms with E-state index in [4.69, 9.17) is 0 Å². The Balaban J connectivity index is 0.000000109. The van der Waals surface area contributed by atoms with E-state index in [-0.39, 0.29) is 10.8 Å². The van der Waals surface area contributed by atoms with Crippen LogP contribution in [0.5, 0.6) is 0 Å². The zero-order chi connectivity index (χ0) is 85.4. The molecule has 22 aromatic rings. The van der Waals surface area contributed by atoms with Crippen molar-refractivity contribution in [3.8, 4) is 106 Å². The predicted molar refractivity (Wildman–Crippen MR) is 545 cm³/mol. The third kappa shape index (κ3) is 12.8. The minimum absolute atomic E-state index is 0.0273. The first-order valence-electron chi connectivity index (χ1n) is 43.7. The van der Waals surface area contributed by atoms with Gasteiger partial charge in [-0.25, -0.2) is 0 Å². The highest BCUT2D eigenvalue weighted by Gasteiger charge is 2.47. The number of hydrogen-bond donors (Lipinski definition) is 0. The molecule has 0 radical (unpaired) electrons. The van der Waals surface area contributed by atoms with Crippen molar-refractivity contribution in [2.75, 3.05) is 0 Å². The minimum atomic E-state index is -0.440. The van der Waals surface area contributed by atoms with Gasteiger partial charge >= 0.3 is 0 Å². The van der Waals surface area contributed by atoms with Gasteiger partial charge in [0.1, 0.15) is 0 Å². The van der Waals surface area contributed by atoms with E-state index in [9.17, 15) is 0 Å². The molecule has 3 aromatic heterocycles. The first-order valence-corrected chi connectivity index (χ1v) is 46.0. The van der Waals surface area contributed by atoms with E-state index in [0.29, 0.717) is 0 Å². The van der Waals surface area contributed by atoms with Crippen LogP contribution in [0.3, 0.4) is 0 Å². The van der Waals surface area contributed by atoms with Gasteiger partial charge in [0.05, 0.1) is 44.2 Å². The number of aromatic nitrogens is 3. The molecule has 19 aromatic carbocycles. The van der Waals surface area contributed by atoms with Crippen LogP contribution in [0.25, 0.3) is 171 Å². The normalized spacial score (nSPS) is 13.3. The Kier molecular flexibility index (Phi) is 19.0. The topological polar surface area (TPSA) is 14.8 Å². The number of benzene rings is 19. The van der Waals surface area contributed by atoms with Crippen LogP contribution in [-0.2, 0) is 16.2 Å². The van der Waals surface area contributed by atoms with E-state index < -0.39 is 5.41 Å². The van der Waals surface area contributed by atoms with Crippen LogP contribution in [0.4, 0.5) is 0 Å². The Morgan fingerprint density at radius 3 is 1.10 bits per heavy atom. The summed E-state index contributed by atoms with van der Waals surface area (Å²) in [5, 5.41) is 7.59. The number of rotatable bonds is 10. The van der Waals surface area contributed by atoms with E-state index in [0.717, 1.165) is 19.1 Å². The fourth-order valence-corrected chi connectivity index (χ4v) is 22.6. The second-order valence-corrected chi connectivity index (χ2v) is 37.7. The van der Waals surface area contributed by atoms with Gasteiger partial charge in [-0.15, -0.1) is 0 Å². The molecule has 0 N–H and O–H groups in total. The maximum absolute atomic E-state index is 3.67. The summed E-state index contributed by atoms with van der Waals surface area (Å²) in [6.45, 7) is 9.41. The van der Waals surface area contributed by atoms with Crippen LogP contribution in [0.15, 0.2) is 450 Å². The van der Waals surface area contributed by atoms with Crippen molar-refractivity contribution in [3.63, 3.8) is 0 Å². The van der Waals surface area contributed by atoms with Crippen LogP contribution < -0.4 is 0 Å². The van der Waals surface area contributed by atoms with Gasteiger partial charge in [0, 0.05) is 67.9 Å². The van der Waals surface area contributed by atoms with Crippen molar-refractivity contribution < 1.29 is 0 Å². The van der Waals surface area contributed by atoms with Crippen molar-refractivity contribution in [3.05, 3.63) is 495 Å². The molecular weight excluding hydrogens is 1740 g/mol. The van der Waals surface area contributed by atoms with Crippen molar-refractivity contribution in [2.24, 2.45) is 0 Å². The van der Waals surface area contributed by atoms with Gasteiger partial charge in [-0.1, -0.05) is 397 Å². The molecule has 3 aliphatic rings. The smallest absolute Gasteiger partial charge is 0.0714 e. The van der Waals surface area contributed by atoms with Gasteiger partial charge in [0.2, 0.25) is 0 Å². The molecule has 3 nitrogen and oxygen atoms in total. The summed E-state index contributed by atoms with van der Waals surface area (Å²) >= 11 is 11.0. The second kappa shape index (κ2) is 31.0. The molecule has 604 valence electrons. The largest absolute Gasteiger partial charge is 0.309 e. The number of hydrogen-bond acceptors (Lipinski definition) is 0. The standard InChI is InChI=1S/C43H28BrN.2C39H28BrN/c44-33-17-11-12-29(26-33)30-22-24-38-37-19-8-10-21-41(37)45(42(38)27-30)34-23-25-36-35-18-7-9-20-39(35)43(40(36)28-34,31-13-3-1-4-14-31)32-15-5-2-6-16-32;1-39(2)35-12-5-3-10-31(35)34-23-27(17-21-36(34)39)25-14-18-30(19-15-25)41-37-13-6-4-11-32(37)33-20-16-28(24-38(33)41)26-8-7-9-29(40)22-26;1-39(2)34-16-7-6-14-30(34)32-15-9-17-36(38(32)39)41-35-21-19-27(25-10-4-3-5-11-25)23-33(35)31-20-18-28(24-37(31)41)26-12-8-13-29(40)22-26/h1-28H;2*3-24H,1-2H3. The van der Waals surface area contributed by atoms with Crippen molar-refractivity contribution in [2.45, 2.75) is 43.9 Å². The van der Waals surface area contributed by atoms with Crippen molar-refractivity contribution in [1.29, 1.82) is 0 Å². The van der Waals surface area contributed by atoms with Crippen LogP contribution in [0.1, 0.15) is 72.2 Å². The lowest BCUT2D eigenvalue weighted by Crippen LogP contribution is -2.28. The molecule has 0 bridgehead atoms. The summed E-state index contributed by atoms with van der Waals surface area (Å²) in [4.78, 5) is 0. The zero-order valence-electron chi connectivity index (χ0n) is 70.5. The zero-order valence-corrected chi connectivity index (χ0v) is 75.3. The van der Waals surface area contributed by atoms with Gasteiger partial charge < -0.3 is 13.7 Å². The molecule has 3 heterocycles. The number of nitrogens with zero attached hydrogens (tertiary/aromatic N) is 3. The molecule has 0 fully saturated rings. The molecule has 6 heteroatoms. The second-order valence-electron chi connectivity index (χ2n) is 35.0. The Hall–Kier alpha value is -14.0. The third-order valence-corrected chi connectivity index (χ3v) is 28.7. The monoisotopic (exact) mass is 1820 g/mol. The van der Waals surface area contributed by atoms with Gasteiger partial charge in [0.25, 0.3) is 0 Å². The van der Waals surface area contributed by atoms with Gasteiger partial charge in [0.15, 0.2) is 0 Å². The maximum Gasteiger partial charge on any atom is 0.0714 e.